The van der Waals surface area contributed by atoms with Crippen LogP contribution in [0, 0.1) is 0 Å². The number of likely N-dealkylation sites (tertiary alicyclic amines) is 1. The number of carboxylic acid groups (broad SMARTS) is 1. The van der Waals surface area contributed by atoms with Gasteiger partial charge in [0.1, 0.15) is 10.8 Å². The van der Waals surface area contributed by atoms with Crippen LogP contribution in [0.1, 0.15) is 40.7 Å². The topological polar surface area (TPSA) is 62.7 Å². The second-order valence-corrected chi connectivity index (χ2v) is 6.52. The second-order valence-electron chi connectivity index (χ2n) is 5.60. The van der Waals surface area contributed by atoms with Crippen molar-refractivity contribution in [1.29, 1.82) is 0 Å². The number of hydrogen-bond acceptors (Lipinski definition) is 5. The lowest BCUT2D eigenvalue weighted by Gasteiger charge is -2.22. The van der Waals surface area contributed by atoms with E-state index < -0.39 is 5.97 Å². The van der Waals surface area contributed by atoms with Gasteiger partial charge in [0.25, 0.3) is 0 Å². The molecular formula is C17H20N2O3S. The molecule has 1 N–H and O–H groups in total. The van der Waals surface area contributed by atoms with Crippen molar-refractivity contribution in [3.8, 4) is 5.75 Å². The Bertz CT molecular complexity index is 628. The van der Waals surface area contributed by atoms with E-state index in [1.807, 2.05) is 11.6 Å². The molecule has 1 aromatic heterocycles. The molecule has 0 saturated carbocycles. The van der Waals surface area contributed by atoms with Crippen LogP contribution in [-0.2, 0) is 0 Å². The van der Waals surface area contributed by atoms with Crippen molar-refractivity contribution < 1.29 is 14.6 Å². The first kappa shape index (κ1) is 16.0. The van der Waals surface area contributed by atoms with Crippen LogP contribution in [0.25, 0.3) is 0 Å². The molecule has 0 radical (unpaired) electrons. The van der Waals surface area contributed by atoms with Gasteiger partial charge in [0.2, 0.25) is 0 Å². The van der Waals surface area contributed by atoms with E-state index in [2.05, 4.69) is 9.88 Å². The molecule has 0 spiro atoms. The van der Waals surface area contributed by atoms with Gasteiger partial charge in [0.15, 0.2) is 0 Å². The standard InChI is InChI=1S/C17H20N2O3S/c20-17(21)13-4-6-14(7-5-13)22-11-2-10-19-9-1-3-15(19)16-18-8-12-23-16/h4-8,12,15H,1-3,9-11H2,(H,20,21). The number of rotatable bonds is 7. The Hall–Kier alpha value is -1.92. The van der Waals surface area contributed by atoms with Gasteiger partial charge in [-0.2, -0.15) is 0 Å². The first-order valence-corrected chi connectivity index (χ1v) is 8.71. The summed E-state index contributed by atoms with van der Waals surface area (Å²) in [7, 11) is 0. The van der Waals surface area contributed by atoms with E-state index in [-0.39, 0.29) is 5.56 Å². The number of ether oxygens (including phenoxy) is 1. The van der Waals surface area contributed by atoms with Crippen LogP contribution in [0.15, 0.2) is 35.8 Å². The Balaban J connectivity index is 1.43. The molecule has 0 amide bonds. The van der Waals surface area contributed by atoms with Crippen molar-refractivity contribution in [2.75, 3.05) is 19.7 Å². The maximum absolute atomic E-state index is 10.8. The van der Waals surface area contributed by atoms with Crippen molar-refractivity contribution in [1.82, 2.24) is 9.88 Å². The largest absolute Gasteiger partial charge is 0.494 e. The molecule has 6 heteroatoms. The summed E-state index contributed by atoms with van der Waals surface area (Å²) in [5, 5.41) is 12.1. The molecule has 5 nitrogen and oxygen atoms in total. The zero-order chi connectivity index (χ0) is 16.1. The molecule has 3 rings (SSSR count). The first-order chi connectivity index (χ1) is 11.2. The second kappa shape index (κ2) is 7.57. The quantitative estimate of drug-likeness (QED) is 0.787. The van der Waals surface area contributed by atoms with Crippen LogP contribution in [0.2, 0.25) is 0 Å². The molecule has 1 unspecified atom stereocenters. The molecule has 1 aromatic carbocycles. The van der Waals surface area contributed by atoms with Crippen LogP contribution in [0.3, 0.4) is 0 Å². The highest BCUT2D eigenvalue weighted by molar-refractivity contribution is 7.09. The summed E-state index contributed by atoms with van der Waals surface area (Å²) in [4.78, 5) is 17.7. The van der Waals surface area contributed by atoms with Crippen molar-refractivity contribution in [2.24, 2.45) is 0 Å². The molecular weight excluding hydrogens is 312 g/mol. The summed E-state index contributed by atoms with van der Waals surface area (Å²) < 4.78 is 5.69. The first-order valence-electron chi connectivity index (χ1n) is 7.83. The van der Waals surface area contributed by atoms with Gasteiger partial charge < -0.3 is 9.84 Å². The fourth-order valence-corrected chi connectivity index (χ4v) is 3.73. The Morgan fingerprint density at radius 3 is 2.91 bits per heavy atom. The van der Waals surface area contributed by atoms with Crippen LogP contribution in [0.5, 0.6) is 5.75 Å². The average molecular weight is 332 g/mol. The van der Waals surface area contributed by atoms with Gasteiger partial charge in [-0.25, -0.2) is 9.78 Å². The molecule has 1 saturated heterocycles. The van der Waals surface area contributed by atoms with Gasteiger partial charge >= 0.3 is 5.97 Å². The Kier molecular flexibility index (Phi) is 5.25. The van der Waals surface area contributed by atoms with Crippen LogP contribution >= 0.6 is 11.3 Å². The molecule has 0 aliphatic carbocycles. The van der Waals surface area contributed by atoms with E-state index in [4.69, 9.17) is 9.84 Å². The van der Waals surface area contributed by atoms with Crippen LogP contribution in [-0.4, -0.2) is 40.7 Å². The molecule has 2 heterocycles. The zero-order valence-electron chi connectivity index (χ0n) is 12.9. The minimum atomic E-state index is -0.918. The number of carbonyl (C=O) groups is 1. The van der Waals surface area contributed by atoms with E-state index in [1.54, 1.807) is 35.6 Å². The zero-order valence-corrected chi connectivity index (χ0v) is 13.7. The highest BCUT2D eigenvalue weighted by Gasteiger charge is 2.27. The van der Waals surface area contributed by atoms with E-state index in [9.17, 15) is 4.79 Å². The number of nitrogens with zero attached hydrogens (tertiary/aromatic N) is 2. The Morgan fingerprint density at radius 2 is 2.22 bits per heavy atom. The number of benzene rings is 1. The maximum atomic E-state index is 10.8. The minimum absolute atomic E-state index is 0.278. The third kappa shape index (κ3) is 4.09. The molecule has 0 bridgehead atoms. The lowest BCUT2D eigenvalue weighted by molar-refractivity contribution is 0.0697. The van der Waals surface area contributed by atoms with Crippen molar-refractivity contribution >= 4 is 17.3 Å². The Labute approximate surface area is 139 Å². The van der Waals surface area contributed by atoms with Gasteiger partial charge in [0.05, 0.1) is 18.2 Å². The summed E-state index contributed by atoms with van der Waals surface area (Å²) in [5.74, 6) is -0.202. The summed E-state index contributed by atoms with van der Waals surface area (Å²) >= 11 is 1.73. The van der Waals surface area contributed by atoms with Gasteiger partial charge in [0, 0.05) is 18.1 Å². The highest BCUT2D eigenvalue weighted by Crippen LogP contribution is 2.32. The fourth-order valence-electron chi connectivity index (χ4n) is 2.92. The average Bonchev–Trinajstić information content (AvgIpc) is 3.23. The lowest BCUT2D eigenvalue weighted by atomic mass is 10.2. The van der Waals surface area contributed by atoms with Crippen LogP contribution in [0.4, 0.5) is 0 Å². The maximum Gasteiger partial charge on any atom is 0.335 e. The predicted octanol–water partition coefficient (Wildman–Crippen LogP) is 3.45. The number of hydrogen-bond donors (Lipinski definition) is 1. The monoisotopic (exact) mass is 332 g/mol. The molecule has 122 valence electrons. The van der Waals surface area contributed by atoms with Gasteiger partial charge in [-0.15, -0.1) is 11.3 Å². The number of thiazole rings is 1. The SMILES string of the molecule is O=C(O)c1ccc(OCCCN2CCCC2c2nccs2)cc1. The van der Waals surface area contributed by atoms with E-state index in [1.165, 1.54) is 17.8 Å². The van der Waals surface area contributed by atoms with Crippen LogP contribution < -0.4 is 4.74 Å². The highest BCUT2D eigenvalue weighted by atomic mass is 32.1. The van der Waals surface area contributed by atoms with Gasteiger partial charge in [-0.05, 0) is 50.1 Å². The Morgan fingerprint density at radius 1 is 1.39 bits per heavy atom. The van der Waals surface area contributed by atoms with E-state index in [0.717, 1.165) is 19.5 Å². The molecule has 23 heavy (non-hydrogen) atoms. The number of carboxylic acids is 1. The fraction of sp³-hybridized carbons (Fsp3) is 0.412. The number of aromatic carboxylic acids is 1. The third-order valence-corrected chi connectivity index (χ3v) is 4.94. The molecule has 1 aliphatic heterocycles. The van der Waals surface area contributed by atoms with Crippen molar-refractivity contribution in [3.05, 3.63) is 46.4 Å². The van der Waals surface area contributed by atoms with Crippen molar-refractivity contribution in [2.45, 2.75) is 25.3 Å². The smallest absolute Gasteiger partial charge is 0.335 e. The summed E-state index contributed by atoms with van der Waals surface area (Å²) in [6, 6.07) is 7.01. The lowest BCUT2D eigenvalue weighted by Crippen LogP contribution is -2.25. The van der Waals surface area contributed by atoms with Gasteiger partial charge in [-0.1, -0.05) is 0 Å². The van der Waals surface area contributed by atoms with Gasteiger partial charge in [-0.3, -0.25) is 4.90 Å². The van der Waals surface area contributed by atoms with E-state index >= 15 is 0 Å². The van der Waals surface area contributed by atoms with Crippen molar-refractivity contribution in [3.63, 3.8) is 0 Å². The minimum Gasteiger partial charge on any atom is -0.494 e. The molecule has 1 atom stereocenters. The summed E-state index contributed by atoms with van der Waals surface area (Å²) in [6.07, 6.45) is 5.23. The summed E-state index contributed by atoms with van der Waals surface area (Å²) in [6.45, 7) is 2.75. The molecule has 2 aromatic rings. The third-order valence-electron chi connectivity index (χ3n) is 4.06. The predicted molar refractivity (Wildman–Crippen MR) is 89.2 cm³/mol. The molecule has 1 aliphatic rings. The molecule has 1 fully saturated rings. The normalized spacial score (nSPS) is 18.2. The van der Waals surface area contributed by atoms with E-state index in [0.29, 0.717) is 18.4 Å². The summed E-state index contributed by atoms with van der Waals surface area (Å²) in [5.41, 5.74) is 0.278. The number of aromatic nitrogens is 1.